The summed E-state index contributed by atoms with van der Waals surface area (Å²) in [6.45, 7) is 7.58. The molecule has 32 heavy (non-hydrogen) atoms. The number of nitrogens with zero attached hydrogens (tertiary/aromatic N) is 4. The first-order valence-electron chi connectivity index (χ1n) is 11.1. The highest BCUT2D eigenvalue weighted by atomic mass is 32.2. The largest absolute Gasteiger partial charge is 0.280 e. The first-order valence-corrected chi connectivity index (χ1v) is 13.3. The molecular weight excluding hydrogens is 440 g/mol. The van der Waals surface area contributed by atoms with Crippen molar-refractivity contribution in [2.45, 2.75) is 46.3 Å². The maximum absolute atomic E-state index is 12.1. The van der Waals surface area contributed by atoms with Crippen molar-refractivity contribution in [2.75, 3.05) is 18.1 Å². The van der Waals surface area contributed by atoms with E-state index in [-0.39, 0.29) is 17.5 Å². The van der Waals surface area contributed by atoms with Gasteiger partial charge in [-0.1, -0.05) is 43.3 Å². The molecule has 0 amide bonds. The van der Waals surface area contributed by atoms with E-state index < -0.39 is 9.84 Å². The SMILES string of the molecule is CCCN(Cn1nc(-c2ccccc2)n(-c2ccc(C)c(C)c2)c1=S)[C@H]1CCS(=O)(=O)C1. The second-order valence-corrected chi connectivity index (χ2v) is 11.2. The molecule has 1 aliphatic rings. The second-order valence-electron chi connectivity index (χ2n) is 8.59. The lowest BCUT2D eigenvalue weighted by molar-refractivity contribution is 0.155. The minimum Gasteiger partial charge on any atom is -0.280 e. The molecule has 0 aliphatic carbocycles. The maximum atomic E-state index is 12.1. The van der Waals surface area contributed by atoms with Crippen molar-refractivity contribution in [3.63, 3.8) is 0 Å². The number of rotatable bonds is 7. The van der Waals surface area contributed by atoms with E-state index in [1.807, 2.05) is 39.6 Å². The molecule has 8 heteroatoms. The van der Waals surface area contributed by atoms with Gasteiger partial charge in [-0.2, -0.15) is 0 Å². The molecule has 0 spiro atoms. The van der Waals surface area contributed by atoms with E-state index in [0.29, 0.717) is 17.9 Å². The molecule has 1 saturated heterocycles. The minimum atomic E-state index is -2.96. The van der Waals surface area contributed by atoms with Crippen LogP contribution in [0, 0.1) is 18.6 Å². The van der Waals surface area contributed by atoms with E-state index >= 15 is 0 Å². The van der Waals surface area contributed by atoms with Crippen molar-refractivity contribution >= 4 is 22.1 Å². The fraction of sp³-hybridized carbons (Fsp3) is 0.417. The third kappa shape index (κ3) is 4.72. The number of aryl methyl sites for hydroxylation is 2. The third-order valence-electron chi connectivity index (χ3n) is 6.17. The molecule has 170 valence electrons. The van der Waals surface area contributed by atoms with Crippen molar-refractivity contribution < 1.29 is 8.42 Å². The Bertz CT molecular complexity index is 1260. The van der Waals surface area contributed by atoms with Crippen LogP contribution in [0.2, 0.25) is 0 Å². The van der Waals surface area contributed by atoms with Gasteiger partial charge in [-0.15, -0.1) is 5.10 Å². The molecule has 4 rings (SSSR count). The van der Waals surface area contributed by atoms with Gasteiger partial charge in [0.2, 0.25) is 4.77 Å². The Morgan fingerprint density at radius 1 is 1.12 bits per heavy atom. The van der Waals surface area contributed by atoms with Crippen LogP contribution in [-0.4, -0.2) is 51.8 Å². The number of sulfone groups is 1. The molecule has 1 aromatic heterocycles. The first-order chi connectivity index (χ1) is 15.3. The van der Waals surface area contributed by atoms with Crippen LogP contribution in [0.4, 0.5) is 0 Å². The van der Waals surface area contributed by atoms with Gasteiger partial charge in [0.1, 0.15) is 0 Å². The predicted octanol–water partition coefficient (Wildman–Crippen LogP) is 4.54. The second kappa shape index (κ2) is 9.29. The molecular formula is C24H30N4O2S2. The van der Waals surface area contributed by atoms with Crippen LogP contribution >= 0.6 is 12.2 Å². The summed E-state index contributed by atoms with van der Waals surface area (Å²) < 4.78 is 28.6. The molecule has 2 aromatic carbocycles. The van der Waals surface area contributed by atoms with Gasteiger partial charge in [0.25, 0.3) is 0 Å². The standard InChI is InChI=1S/C24H30N4O2S2/c1-4-13-26(22-12-14-32(29,30)16-22)17-27-24(31)28(21-11-10-18(2)19(3)15-21)23(25-27)20-8-6-5-7-9-20/h5-11,15,22H,4,12-14,16-17H2,1-3H3/t22-/m0/s1. The molecule has 2 heterocycles. The van der Waals surface area contributed by atoms with Gasteiger partial charge in [0.05, 0.1) is 23.9 Å². The number of hydrogen-bond acceptors (Lipinski definition) is 5. The Hall–Kier alpha value is -2.29. The van der Waals surface area contributed by atoms with Gasteiger partial charge in [-0.05, 0) is 68.7 Å². The minimum absolute atomic E-state index is 0.00814. The van der Waals surface area contributed by atoms with Gasteiger partial charge in [-0.25, -0.2) is 13.1 Å². The Morgan fingerprint density at radius 2 is 1.88 bits per heavy atom. The first kappa shape index (κ1) is 22.9. The average molecular weight is 471 g/mol. The van der Waals surface area contributed by atoms with Crippen LogP contribution in [0.25, 0.3) is 17.1 Å². The molecule has 0 radical (unpaired) electrons. The number of aromatic nitrogens is 3. The maximum Gasteiger partial charge on any atom is 0.204 e. The van der Waals surface area contributed by atoms with E-state index in [9.17, 15) is 8.42 Å². The molecule has 0 unspecified atom stereocenters. The summed E-state index contributed by atoms with van der Waals surface area (Å²) in [7, 11) is -2.96. The third-order valence-corrected chi connectivity index (χ3v) is 8.31. The van der Waals surface area contributed by atoms with E-state index in [4.69, 9.17) is 17.3 Å². The van der Waals surface area contributed by atoms with Crippen molar-refractivity contribution in [3.8, 4) is 17.1 Å². The number of hydrogen-bond donors (Lipinski definition) is 0. The summed E-state index contributed by atoms with van der Waals surface area (Å²) >= 11 is 5.91. The molecule has 3 aromatic rings. The van der Waals surface area contributed by atoms with Crippen molar-refractivity contribution in [1.82, 2.24) is 19.2 Å². The molecule has 6 nitrogen and oxygen atoms in total. The Morgan fingerprint density at radius 3 is 2.50 bits per heavy atom. The molecule has 0 saturated carbocycles. The van der Waals surface area contributed by atoms with E-state index in [0.717, 1.165) is 30.0 Å². The van der Waals surface area contributed by atoms with E-state index in [1.165, 1.54) is 11.1 Å². The van der Waals surface area contributed by atoms with Crippen LogP contribution in [0.3, 0.4) is 0 Å². The average Bonchev–Trinajstić information content (AvgIpc) is 3.29. The van der Waals surface area contributed by atoms with Crippen LogP contribution in [-0.2, 0) is 16.5 Å². The zero-order valence-corrected chi connectivity index (χ0v) is 20.5. The molecule has 0 bridgehead atoms. The van der Waals surface area contributed by atoms with Gasteiger partial charge in [0, 0.05) is 11.6 Å². The Kier molecular flexibility index (Phi) is 6.65. The normalized spacial score (nSPS) is 17.8. The lowest BCUT2D eigenvalue weighted by atomic mass is 10.1. The monoisotopic (exact) mass is 470 g/mol. The van der Waals surface area contributed by atoms with Crippen LogP contribution in [0.1, 0.15) is 30.9 Å². The highest BCUT2D eigenvalue weighted by molar-refractivity contribution is 7.91. The van der Waals surface area contributed by atoms with E-state index in [1.54, 1.807) is 0 Å². The molecule has 1 atom stereocenters. The summed E-state index contributed by atoms with van der Waals surface area (Å²) in [5.74, 6) is 1.26. The van der Waals surface area contributed by atoms with Gasteiger partial charge >= 0.3 is 0 Å². The van der Waals surface area contributed by atoms with Crippen LogP contribution in [0.15, 0.2) is 48.5 Å². The summed E-state index contributed by atoms with van der Waals surface area (Å²) in [5, 5.41) is 4.92. The number of benzene rings is 2. The summed E-state index contributed by atoms with van der Waals surface area (Å²) in [6.07, 6.45) is 1.60. The zero-order chi connectivity index (χ0) is 22.9. The van der Waals surface area contributed by atoms with E-state index in [2.05, 4.69) is 43.9 Å². The topological polar surface area (TPSA) is 60.1 Å². The molecule has 1 fully saturated rings. The van der Waals surface area contributed by atoms with Crippen molar-refractivity contribution in [2.24, 2.45) is 0 Å². The lowest BCUT2D eigenvalue weighted by Crippen LogP contribution is -2.38. The fourth-order valence-corrected chi connectivity index (χ4v) is 6.31. The highest BCUT2D eigenvalue weighted by Crippen LogP contribution is 2.25. The lowest BCUT2D eigenvalue weighted by Gasteiger charge is -2.27. The Labute approximate surface area is 195 Å². The molecule has 0 N–H and O–H groups in total. The smallest absolute Gasteiger partial charge is 0.204 e. The summed E-state index contributed by atoms with van der Waals surface area (Å²) in [6, 6.07) is 16.4. The van der Waals surface area contributed by atoms with Crippen LogP contribution < -0.4 is 0 Å². The predicted molar refractivity (Wildman–Crippen MR) is 131 cm³/mol. The van der Waals surface area contributed by atoms with Crippen molar-refractivity contribution in [1.29, 1.82) is 0 Å². The van der Waals surface area contributed by atoms with Crippen molar-refractivity contribution in [3.05, 3.63) is 64.4 Å². The quantitative estimate of drug-likeness (QED) is 0.474. The summed E-state index contributed by atoms with van der Waals surface area (Å²) in [4.78, 5) is 2.22. The van der Waals surface area contributed by atoms with Gasteiger partial charge < -0.3 is 0 Å². The zero-order valence-electron chi connectivity index (χ0n) is 18.9. The fourth-order valence-electron chi connectivity index (χ4n) is 4.26. The van der Waals surface area contributed by atoms with Crippen LogP contribution in [0.5, 0.6) is 0 Å². The van der Waals surface area contributed by atoms with Gasteiger partial charge in [-0.3, -0.25) is 9.47 Å². The molecule has 1 aliphatic heterocycles. The summed E-state index contributed by atoms with van der Waals surface area (Å²) in [5.41, 5.74) is 4.39. The highest BCUT2D eigenvalue weighted by Gasteiger charge is 2.32. The van der Waals surface area contributed by atoms with Gasteiger partial charge in [0.15, 0.2) is 15.7 Å². The Balaban J connectivity index is 1.78.